The van der Waals surface area contributed by atoms with Gasteiger partial charge in [-0.1, -0.05) is 42.1 Å². The zero-order chi connectivity index (χ0) is 22.8. The second kappa shape index (κ2) is 9.13. The summed E-state index contributed by atoms with van der Waals surface area (Å²) in [6.45, 7) is 5.45. The molecule has 2 N–H and O–H groups in total. The van der Waals surface area contributed by atoms with Crippen molar-refractivity contribution in [2.24, 2.45) is 0 Å². The number of Topliss-reactive ketones (excluding diaryl/α,β-unsaturated/α-hetero) is 1. The Morgan fingerprint density at radius 1 is 1.16 bits per heavy atom. The molecule has 0 unspecified atom stereocenters. The number of esters is 1. The molecule has 3 heterocycles. The van der Waals surface area contributed by atoms with Crippen molar-refractivity contribution in [3.8, 4) is 11.1 Å². The second-order valence-corrected chi connectivity index (χ2v) is 8.95. The molecule has 0 aliphatic heterocycles. The van der Waals surface area contributed by atoms with Crippen LogP contribution in [0.2, 0.25) is 0 Å². The number of nitrogens with one attached hydrogen (secondary N) is 2. The zero-order valence-corrected chi connectivity index (χ0v) is 19.4. The Bertz CT molecular complexity index is 1370. The molecular formula is C23H21N3O4S2. The summed E-state index contributed by atoms with van der Waals surface area (Å²) in [7, 11) is 0. The molecule has 3 aromatic heterocycles. The molecule has 0 aliphatic carbocycles. The van der Waals surface area contributed by atoms with E-state index in [4.69, 9.17) is 4.74 Å². The Kier molecular flexibility index (Phi) is 6.29. The lowest BCUT2D eigenvalue weighted by Crippen LogP contribution is -2.11. The first kappa shape index (κ1) is 22.0. The molecule has 0 atom stereocenters. The maximum Gasteiger partial charge on any atom is 0.340 e. The Labute approximate surface area is 192 Å². The third-order valence-corrected chi connectivity index (χ3v) is 6.79. The molecule has 0 amide bonds. The van der Waals surface area contributed by atoms with Crippen LogP contribution in [0.25, 0.3) is 21.3 Å². The lowest BCUT2D eigenvalue weighted by Gasteiger charge is -2.03. The van der Waals surface area contributed by atoms with Gasteiger partial charge >= 0.3 is 5.97 Å². The topological polar surface area (TPSA) is 105 Å². The Morgan fingerprint density at radius 3 is 2.62 bits per heavy atom. The van der Waals surface area contributed by atoms with Crippen LogP contribution in [-0.4, -0.2) is 39.1 Å². The fraction of sp³-hybridized carbons (Fsp3) is 0.217. The van der Waals surface area contributed by atoms with E-state index in [2.05, 4.69) is 15.0 Å². The number of ether oxygens (including phenoxy) is 1. The third-order valence-electron chi connectivity index (χ3n) is 5.04. The number of carbonyl (C=O) groups is 2. The number of H-pyrrole nitrogens is 2. The van der Waals surface area contributed by atoms with E-state index >= 15 is 0 Å². The summed E-state index contributed by atoms with van der Waals surface area (Å²) in [5.74, 6) is -0.576. The van der Waals surface area contributed by atoms with Gasteiger partial charge in [0.1, 0.15) is 4.83 Å². The number of aryl methyl sites for hydroxylation is 1. The van der Waals surface area contributed by atoms with Crippen molar-refractivity contribution in [2.45, 2.75) is 25.9 Å². The molecule has 0 spiro atoms. The molecule has 9 heteroatoms. The Balaban J connectivity index is 1.55. The van der Waals surface area contributed by atoms with E-state index in [9.17, 15) is 14.4 Å². The highest BCUT2D eigenvalue weighted by atomic mass is 32.2. The monoisotopic (exact) mass is 467 g/mol. The summed E-state index contributed by atoms with van der Waals surface area (Å²) in [4.78, 5) is 48.7. The minimum atomic E-state index is -0.450. The van der Waals surface area contributed by atoms with Crippen molar-refractivity contribution in [1.82, 2.24) is 15.0 Å². The molecule has 7 nitrogen and oxygen atoms in total. The van der Waals surface area contributed by atoms with Crippen molar-refractivity contribution < 1.29 is 14.3 Å². The number of carbonyl (C=O) groups excluding carboxylic acids is 2. The number of thioether (sulfide) groups is 1. The molecule has 164 valence electrons. The van der Waals surface area contributed by atoms with Gasteiger partial charge in [0.25, 0.3) is 5.56 Å². The average Bonchev–Trinajstić information content (AvgIpc) is 3.34. The number of rotatable bonds is 7. The molecule has 32 heavy (non-hydrogen) atoms. The minimum absolute atomic E-state index is 0.0639. The Hall–Kier alpha value is -3.17. The molecule has 4 aromatic rings. The lowest BCUT2D eigenvalue weighted by molar-refractivity contribution is 0.0525. The predicted octanol–water partition coefficient (Wildman–Crippen LogP) is 4.75. The highest BCUT2D eigenvalue weighted by Crippen LogP contribution is 2.31. The first-order valence-electron chi connectivity index (χ1n) is 10.00. The number of hydrogen-bond acceptors (Lipinski definition) is 7. The third kappa shape index (κ3) is 4.13. The number of nitrogens with zero attached hydrogens (tertiary/aromatic N) is 1. The van der Waals surface area contributed by atoms with E-state index < -0.39 is 5.97 Å². The maximum atomic E-state index is 12.8. The molecule has 0 bridgehead atoms. The number of benzene rings is 1. The fourth-order valence-electron chi connectivity index (χ4n) is 3.57. The van der Waals surface area contributed by atoms with Crippen LogP contribution in [0.1, 0.15) is 39.0 Å². The number of thiophene rings is 1. The quantitative estimate of drug-likeness (QED) is 0.176. The molecular weight excluding hydrogens is 446 g/mol. The average molecular weight is 468 g/mol. The zero-order valence-electron chi connectivity index (χ0n) is 17.8. The van der Waals surface area contributed by atoms with Gasteiger partial charge in [0.05, 0.1) is 29.0 Å². The molecule has 0 fully saturated rings. The SMILES string of the molecule is CCOC(=O)c1c(C)[nH]c(C(=O)CSc2nc3scc(-c4ccccc4)c3c(=O)[nH]2)c1C. The van der Waals surface area contributed by atoms with Crippen LogP contribution in [0.4, 0.5) is 0 Å². The van der Waals surface area contributed by atoms with E-state index in [0.717, 1.165) is 22.9 Å². The highest BCUT2D eigenvalue weighted by molar-refractivity contribution is 7.99. The van der Waals surface area contributed by atoms with Crippen molar-refractivity contribution in [3.05, 3.63) is 68.6 Å². The smallest absolute Gasteiger partial charge is 0.340 e. The number of aromatic nitrogens is 3. The van der Waals surface area contributed by atoms with Crippen LogP contribution in [-0.2, 0) is 4.74 Å². The second-order valence-electron chi connectivity index (χ2n) is 7.12. The predicted molar refractivity (Wildman–Crippen MR) is 127 cm³/mol. The summed E-state index contributed by atoms with van der Waals surface area (Å²) in [5.41, 5.74) is 3.47. The van der Waals surface area contributed by atoms with Crippen molar-refractivity contribution in [3.63, 3.8) is 0 Å². The summed E-state index contributed by atoms with van der Waals surface area (Å²) >= 11 is 2.55. The van der Waals surface area contributed by atoms with Gasteiger partial charge in [-0.3, -0.25) is 9.59 Å². The van der Waals surface area contributed by atoms with Gasteiger partial charge in [-0.05, 0) is 31.9 Å². The van der Waals surface area contributed by atoms with Gasteiger partial charge in [-0.2, -0.15) is 0 Å². The van der Waals surface area contributed by atoms with Crippen molar-refractivity contribution in [1.29, 1.82) is 0 Å². The summed E-state index contributed by atoms with van der Waals surface area (Å²) in [6.07, 6.45) is 0. The van der Waals surface area contributed by atoms with Crippen molar-refractivity contribution >= 4 is 45.1 Å². The maximum absolute atomic E-state index is 12.8. The molecule has 0 radical (unpaired) electrons. The summed E-state index contributed by atoms with van der Waals surface area (Å²) in [6, 6.07) is 9.68. The van der Waals surface area contributed by atoms with Crippen molar-refractivity contribution in [2.75, 3.05) is 12.4 Å². The van der Waals surface area contributed by atoms with E-state index in [1.54, 1.807) is 20.8 Å². The number of fused-ring (bicyclic) bond motifs is 1. The number of aromatic amines is 2. The van der Waals surface area contributed by atoms with E-state index in [1.807, 2.05) is 35.7 Å². The van der Waals surface area contributed by atoms with Gasteiger partial charge in [-0.15, -0.1) is 11.3 Å². The van der Waals surface area contributed by atoms with Gasteiger partial charge in [0.15, 0.2) is 10.9 Å². The van der Waals surface area contributed by atoms with Crippen LogP contribution in [0.15, 0.2) is 45.7 Å². The summed E-state index contributed by atoms with van der Waals surface area (Å²) < 4.78 is 5.08. The van der Waals surface area contributed by atoms with Gasteiger partial charge < -0.3 is 14.7 Å². The largest absolute Gasteiger partial charge is 0.462 e. The van der Waals surface area contributed by atoms with Gasteiger partial charge in [0, 0.05) is 16.6 Å². The van der Waals surface area contributed by atoms with Gasteiger partial charge in [-0.25, -0.2) is 9.78 Å². The van der Waals surface area contributed by atoms with Crippen LogP contribution in [0.3, 0.4) is 0 Å². The molecule has 0 saturated carbocycles. The molecule has 4 rings (SSSR count). The van der Waals surface area contributed by atoms with Crippen LogP contribution in [0, 0.1) is 13.8 Å². The van der Waals surface area contributed by atoms with Gasteiger partial charge in [0.2, 0.25) is 0 Å². The van der Waals surface area contributed by atoms with Crippen LogP contribution >= 0.6 is 23.1 Å². The number of ketones is 1. The fourth-order valence-corrected chi connectivity index (χ4v) is 5.31. The minimum Gasteiger partial charge on any atom is -0.462 e. The first-order chi connectivity index (χ1) is 15.4. The molecule has 0 aliphatic rings. The number of hydrogen-bond donors (Lipinski definition) is 2. The normalized spacial score (nSPS) is 11.1. The summed E-state index contributed by atoms with van der Waals surface area (Å²) in [5, 5.41) is 2.85. The molecule has 0 saturated heterocycles. The van der Waals surface area contributed by atoms with E-state index in [-0.39, 0.29) is 23.7 Å². The van der Waals surface area contributed by atoms with Crippen LogP contribution in [0.5, 0.6) is 0 Å². The Morgan fingerprint density at radius 2 is 1.91 bits per heavy atom. The molecule has 1 aromatic carbocycles. The van der Waals surface area contributed by atoms with E-state index in [0.29, 0.717) is 37.9 Å². The standard InChI is InChI=1S/C23H21N3O4S2/c1-4-30-22(29)17-12(2)19(24-13(17)3)16(27)11-32-23-25-20(28)18-15(10-31-21(18)26-23)14-8-6-5-7-9-14/h5-10,24H,4,11H2,1-3H3,(H,25,26,28). The highest BCUT2D eigenvalue weighted by Gasteiger charge is 2.23. The first-order valence-corrected chi connectivity index (χ1v) is 11.9. The van der Waals surface area contributed by atoms with E-state index in [1.165, 1.54) is 11.3 Å². The van der Waals surface area contributed by atoms with Crippen LogP contribution < -0.4 is 5.56 Å². The lowest BCUT2D eigenvalue weighted by atomic mass is 10.1.